The Morgan fingerprint density at radius 1 is 1.47 bits per heavy atom. The second-order valence-corrected chi connectivity index (χ2v) is 4.17. The molecular weight excluding hydrogens is 212 g/mol. The molecule has 0 aliphatic heterocycles. The van der Waals surface area contributed by atoms with Gasteiger partial charge in [0.1, 0.15) is 0 Å². The highest BCUT2D eigenvalue weighted by atomic mass is 16.1. The van der Waals surface area contributed by atoms with Crippen molar-refractivity contribution in [1.29, 1.82) is 0 Å². The first-order valence-electron chi connectivity index (χ1n) is 5.61. The molecule has 0 bridgehead atoms. The van der Waals surface area contributed by atoms with E-state index in [4.69, 9.17) is 0 Å². The van der Waals surface area contributed by atoms with Crippen LogP contribution in [0.25, 0.3) is 10.9 Å². The molecule has 3 nitrogen and oxygen atoms in total. The molecule has 0 radical (unpaired) electrons. The van der Waals surface area contributed by atoms with E-state index in [1.807, 2.05) is 32.0 Å². The summed E-state index contributed by atoms with van der Waals surface area (Å²) in [6.07, 6.45) is 1.67. The van der Waals surface area contributed by atoms with Crippen molar-refractivity contribution in [3.8, 4) is 0 Å². The number of amides is 1. The summed E-state index contributed by atoms with van der Waals surface area (Å²) in [6, 6.07) is 6.06. The molecule has 1 aromatic carbocycles. The van der Waals surface area contributed by atoms with Crippen molar-refractivity contribution in [2.75, 3.05) is 6.54 Å². The molecule has 88 valence electrons. The van der Waals surface area contributed by atoms with Crippen LogP contribution in [-0.2, 0) is 0 Å². The Bertz CT molecular complexity index is 581. The van der Waals surface area contributed by atoms with Crippen molar-refractivity contribution in [1.82, 2.24) is 10.3 Å². The molecule has 0 aliphatic rings. The van der Waals surface area contributed by atoms with E-state index in [9.17, 15) is 4.79 Å². The van der Waals surface area contributed by atoms with Gasteiger partial charge in [-0.2, -0.15) is 0 Å². The summed E-state index contributed by atoms with van der Waals surface area (Å²) >= 11 is 0. The van der Waals surface area contributed by atoms with E-state index in [0.29, 0.717) is 6.54 Å². The summed E-state index contributed by atoms with van der Waals surface area (Å²) in [7, 11) is 0. The maximum atomic E-state index is 12.0. The fraction of sp³-hybridized carbons (Fsp3) is 0.214. The quantitative estimate of drug-likeness (QED) is 0.779. The Labute approximate surface area is 101 Å². The smallest absolute Gasteiger partial charge is 0.253 e. The predicted molar refractivity (Wildman–Crippen MR) is 70.3 cm³/mol. The first-order chi connectivity index (χ1) is 8.13. The molecule has 0 aliphatic carbocycles. The Balaban J connectivity index is 2.51. The van der Waals surface area contributed by atoms with Crippen LogP contribution in [0.2, 0.25) is 0 Å². The Morgan fingerprint density at radius 3 is 2.94 bits per heavy atom. The van der Waals surface area contributed by atoms with Gasteiger partial charge >= 0.3 is 0 Å². The molecule has 2 aromatic rings. The number of fused-ring (bicyclic) bond motifs is 1. The summed E-state index contributed by atoms with van der Waals surface area (Å²) in [5, 5.41) is 3.79. The molecular formula is C14H16N2O. The van der Waals surface area contributed by atoms with Gasteiger partial charge in [-0.15, -0.1) is 6.58 Å². The lowest BCUT2D eigenvalue weighted by Crippen LogP contribution is -2.23. The number of rotatable bonds is 3. The number of aromatic nitrogens is 1. The van der Waals surface area contributed by atoms with Crippen LogP contribution in [0.4, 0.5) is 0 Å². The van der Waals surface area contributed by atoms with Crippen molar-refractivity contribution in [2.45, 2.75) is 13.8 Å². The lowest BCUT2D eigenvalue weighted by atomic mass is 10.1. The van der Waals surface area contributed by atoms with Crippen LogP contribution < -0.4 is 5.32 Å². The number of carbonyl (C=O) groups excluding carboxylic acids is 1. The van der Waals surface area contributed by atoms with Gasteiger partial charge in [-0.25, -0.2) is 0 Å². The molecule has 1 aromatic heterocycles. The van der Waals surface area contributed by atoms with Crippen molar-refractivity contribution < 1.29 is 4.79 Å². The predicted octanol–water partition coefficient (Wildman–Crippen LogP) is 2.70. The van der Waals surface area contributed by atoms with Crippen LogP contribution in [0.3, 0.4) is 0 Å². The van der Waals surface area contributed by atoms with Crippen molar-refractivity contribution in [3.05, 3.63) is 47.7 Å². The molecule has 0 spiro atoms. The molecule has 2 N–H and O–H groups in total. The summed E-state index contributed by atoms with van der Waals surface area (Å²) in [5.41, 5.74) is 3.77. The number of hydrogen-bond acceptors (Lipinski definition) is 1. The number of aromatic amines is 1. The first kappa shape index (κ1) is 11.5. The van der Waals surface area contributed by atoms with Gasteiger partial charge in [0, 0.05) is 23.1 Å². The van der Waals surface area contributed by atoms with Gasteiger partial charge in [-0.3, -0.25) is 4.79 Å². The van der Waals surface area contributed by atoms with Crippen molar-refractivity contribution >= 4 is 16.8 Å². The van der Waals surface area contributed by atoms with Crippen LogP contribution >= 0.6 is 0 Å². The van der Waals surface area contributed by atoms with E-state index in [-0.39, 0.29) is 5.91 Å². The summed E-state index contributed by atoms with van der Waals surface area (Å²) in [5.74, 6) is -0.0562. The van der Waals surface area contributed by atoms with Crippen LogP contribution in [0, 0.1) is 13.8 Å². The van der Waals surface area contributed by atoms with E-state index in [2.05, 4.69) is 16.9 Å². The molecule has 1 amide bonds. The largest absolute Gasteiger partial charge is 0.358 e. The first-order valence-corrected chi connectivity index (χ1v) is 5.61. The van der Waals surface area contributed by atoms with Crippen molar-refractivity contribution in [3.63, 3.8) is 0 Å². The molecule has 0 saturated carbocycles. The third kappa shape index (κ3) is 2.09. The second kappa shape index (κ2) is 4.45. The molecule has 0 saturated heterocycles. The van der Waals surface area contributed by atoms with Crippen LogP contribution in [-0.4, -0.2) is 17.4 Å². The average Bonchev–Trinajstić information content (AvgIpc) is 2.61. The summed E-state index contributed by atoms with van der Waals surface area (Å²) < 4.78 is 0. The summed E-state index contributed by atoms with van der Waals surface area (Å²) in [6.45, 7) is 8.01. The van der Waals surface area contributed by atoms with Crippen LogP contribution in [0.1, 0.15) is 21.6 Å². The molecule has 0 fully saturated rings. The highest BCUT2D eigenvalue weighted by Crippen LogP contribution is 2.23. The monoisotopic (exact) mass is 228 g/mol. The standard InChI is InChI=1S/C14H16N2O/c1-4-7-15-14(17)13-10(3)16-12-6-5-9(2)8-11(12)13/h4-6,8,16H,1,7H2,2-3H3,(H,15,17). The van der Waals surface area contributed by atoms with Crippen LogP contribution in [0.15, 0.2) is 30.9 Å². The molecule has 17 heavy (non-hydrogen) atoms. The molecule has 2 rings (SSSR count). The SMILES string of the molecule is C=CCNC(=O)c1c(C)[nH]c2ccc(C)cc12. The lowest BCUT2D eigenvalue weighted by molar-refractivity contribution is 0.0959. The lowest BCUT2D eigenvalue weighted by Gasteiger charge is -2.02. The fourth-order valence-electron chi connectivity index (χ4n) is 1.99. The van der Waals surface area contributed by atoms with E-state index in [1.165, 1.54) is 0 Å². The van der Waals surface area contributed by atoms with Gasteiger partial charge < -0.3 is 10.3 Å². The molecule has 0 atom stereocenters. The summed E-state index contributed by atoms with van der Waals surface area (Å²) in [4.78, 5) is 15.3. The fourth-order valence-corrected chi connectivity index (χ4v) is 1.99. The third-order valence-corrected chi connectivity index (χ3v) is 2.78. The van der Waals surface area contributed by atoms with E-state index in [0.717, 1.165) is 27.7 Å². The zero-order valence-corrected chi connectivity index (χ0v) is 10.1. The number of nitrogens with one attached hydrogen (secondary N) is 2. The second-order valence-electron chi connectivity index (χ2n) is 4.17. The Morgan fingerprint density at radius 2 is 2.24 bits per heavy atom. The average molecular weight is 228 g/mol. The maximum Gasteiger partial charge on any atom is 0.253 e. The Kier molecular flexibility index (Phi) is 3.00. The van der Waals surface area contributed by atoms with Gasteiger partial charge in [0.15, 0.2) is 0 Å². The minimum absolute atomic E-state index is 0.0562. The molecule has 0 unspecified atom stereocenters. The van der Waals surface area contributed by atoms with Gasteiger partial charge in [-0.1, -0.05) is 17.7 Å². The number of benzene rings is 1. The minimum atomic E-state index is -0.0562. The zero-order valence-electron chi connectivity index (χ0n) is 10.1. The zero-order chi connectivity index (χ0) is 12.4. The van der Waals surface area contributed by atoms with Gasteiger partial charge in [0.25, 0.3) is 5.91 Å². The number of H-pyrrole nitrogens is 1. The van der Waals surface area contributed by atoms with E-state index in [1.54, 1.807) is 6.08 Å². The molecule has 3 heteroatoms. The normalized spacial score (nSPS) is 10.5. The highest BCUT2D eigenvalue weighted by Gasteiger charge is 2.15. The highest BCUT2D eigenvalue weighted by molar-refractivity contribution is 6.08. The minimum Gasteiger partial charge on any atom is -0.358 e. The number of hydrogen-bond donors (Lipinski definition) is 2. The number of aryl methyl sites for hydroxylation is 2. The van der Waals surface area contributed by atoms with E-state index < -0.39 is 0 Å². The molecule has 1 heterocycles. The van der Waals surface area contributed by atoms with Crippen LogP contribution in [0.5, 0.6) is 0 Å². The van der Waals surface area contributed by atoms with Gasteiger partial charge in [-0.05, 0) is 26.0 Å². The topological polar surface area (TPSA) is 44.9 Å². The number of carbonyl (C=O) groups is 1. The van der Waals surface area contributed by atoms with Gasteiger partial charge in [0.2, 0.25) is 0 Å². The third-order valence-electron chi connectivity index (χ3n) is 2.78. The van der Waals surface area contributed by atoms with Gasteiger partial charge in [0.05, 0.1) is 5.56 Å². The van der Waals surface area contributed by atoms with Crippen molar-refractivity contribution in [2.24, 2.45) is 0 Å². The maximum absolute atomic E-state index is 12.0. The van der Waals surface area contributed by atoms with E-state index >= 15 is 0 Å². The Hall–Kier alpha value is -2.03.